The zero-order valence-corrected chi connectivity index (χ0v) is 19.2. The molecule has 3 fully saturated rings. The monoisotopic (exact) mass is 452 g/mol. The predicted octanol–water partition coefficient (Wildman–Crippen LogP) is 2.53. The number of nitrogens with one attached hydrogen (secondary N) is 1. The highest BCUT2D eigenvalue weighted by atomic mass is 35.5. The van der Waals surface area contributed by atoms with Crippen molar-refractivity contribution in [1.82, 2.24) is 20.0 Å². The minimum absolute atomic E-state index is 0. The lowest BCUT2D eigenvalue weighted by atomic mass is 9.89. The van der Waals surface area contributed by atoms with Crippen LogP contribution in [0.1, 0.15) is 45.4 Å². The first-order valence-electron chi connectivity index (χ1n) is 10.8. The summed E-state index contributed by atoms with van der Waals surface area (Å²) in [5, 5.41) is 12.4. The third kappa shape index (κ3) is 7.46. The number of rotatable bonds is 5. The molecule has 0 saturated carbocycles. The fourth-order valence-corrected chi connectivity index (χ4v) is 4.67. The second kappa shape index (κ2) is 12.8. The first kappa shape index (κ1) is 26.3. The summed E-state index contributed by atoms with van der Waals surface area (Å²) in [5.41, 5.74) is 0. The van der Waals surface area contributed by atoms with Crippen LogP contribution >= 0.6 is 24.8 Å². The van der Waals surface area contributed by atoms with Gasteiger partial charge in [-0.2, -0.15) is 0 Å². The summed E-state index contributed by atoms with van der Waals surface area (Å²) in [6, 6.07) is 0.893. The van der Waals surface area contributed by atoms with Crippen molar-refractivity contribution in [3.05, 3.63) is 0 Å². The van der Waals surface area contributed by atoms with Crippen LogP contribution in [-0.4, -0.2) is 90.2 Å². The number of halogens is 2. The van der Waals surface area contributed by atoms with E-state index in [2.05, 4.69) is 10.2 Å². The van der Waals surface area contributed by atoms with Crippen LogP contribution in [0, 0.1) is 11.8 Å². The Morgan fingerprint density at radius 1 is 0.931 bits per heavy atom. The van der Waals surface area contributed by atoms with Crippen LogP contribution in [0.15, 0.2) is 0 Å². The van der Waals surface area contributed by atoms with Crippen LogP contribution < -0.4 is 5.32 Å². The Morgan fingerprint density at radius 2 is 1.48 bits per heavy atom. The van der Waals surface area contributed by atoms with E-state index >= 15 is 0 Å². The van der Waals surface area contributed by atoms with Gasteiger partial charge in [0.2, 0.25) is 0 Å². The molecule has 1 unspecified atom stereocenters. The second-order valence-electron chi connectivity index (χ2n) is 8.53. The molecule has 3 heterocycles. The Kier molecular flexibility index (Phi) is 11.6. The molecular formula is C20H38Cl2N4O3. The number of hydrogen-bond acceptors (Lipinski definition) is 4. The molecule has 2 N–H and O–H groups in total. The number of hydrogen-bond donors (Lipinski definition) is 2. The summed E-state index contributed by atoms with van der Waals surface area (Å²) in [4.78, 5) is 30.4. The number of amides is 2. The van der Waals surface area contributed by atoms with E-state index in [1.54, 1.807) is 6.92 Å². The fourth-order valence-electron chi connectivity index (χ4n) is 4.67. The lowest BCUT2D eigenvalue weighted by Gasteiger charge is -2.43. The van der Waals surface area contributed by atoms with E-state index in [4.69, 9.17) is 5.11 Å². The van der Waals surface area contributed by atoms with Crippen molar-refractivity contribution in [3.8, 4) is 0 Å². The van der Waals surface area contributed by atoms with Crippen molar-refractivity contribution in [2.24, 2.45) is 11.8 Å². The first-order valence-corrected chi connectivity index (χ1v) is 10.8. The molecule has 3 saturated heterocycles. The number of nitrogens with zero attached hydrogens (tertiary/aromatic N) is 3. The molecule has 3 aliphatic rings. The molecule has 170 valence electrons. The van der Waals surface area contributed by atoms with Gasteiger partial charge < -0.3 is 20.2 Å². The molecule has 1 atom stereocenters. The van der Waals surface area contributed by atoms with Gasteiger partial charge in [-0.3, -0.25) is 9.69 Å². The average Bonchev–Trinajstić information content (AvgIpc) is 2.72. The first-order chi connectivity index (χ1) is 13.0. The molecular weight excluding hydrogens is 415 g/mol. The van der Waals surface area contributed by atoms with Gasteiger partial charge in [-0.1, -0.05) is 6.92 Å². The Labute approximate surface area is 187 Å². The van der Waals surface area contributed by atoms with Crippen LogP contribution in [0.5, 0.6) is 0 Å². The lowest BCUT2D eigenvalue weighted by Crippen LogP contribution is -2.56. The van der Waals surface area contributed by atoms with Gasteiger partial charge in [0.05, 0.1) is 5.92 Å². The normalized spacial score (nSPS) is 23.1. The number of carboxylic acid groups (broad SMARTS) is 1. The molecule has 29 heavy (non-hydrogen) atoms. The minimum atomic E-state index is -0.703. The van der Waals surface area contributed by atoms with Crippen molar-refractivity contribution < 1.29 is 14.7 Å². The molecule has 3 aliphatic heterocycles. The number of piperidine rings is 2. The third-order valence-electron chi connectivity index (χ3n) is 6.72. The molecule has 0 spiro atoms. The van der Waals surface area contributed by atoms with Gasteiger partial charge in [0.25, 0.3) is 0 Å². The average molecular weight is 453 g/mol. The van der Waals surface area contributed by atoms with Crippen molar-refractivity contribution in [2.75, 3.05) is 52.4 Å². The molecule has 2 amide bonds. The van der Waals surface area contributed by atoms with E-state index < -0.39 is 5.97 Å². The zero-order chi connectivity index (χ0) is 19.2. The fraction of sp³-hybridized carbons (Fsp3) is 0.900. The van der Waals surface area contributed by atoms with E-state index in [0.717, 1.165) is 78.0 Å². The summed E-state index contributed by atoms with van der Waals surface area (Å²) in [5.74, 6) is -0.403. The molecule has 0 aromatic heterocycles. The maximum atomic E-state index is 12.8. The van der Waals surface area contributed by atoms with Gasteiger partial charge in [-0.25, -0.2) is 4.79 Å². The van der Waals surface area contributed by atoms with Gasteiger partial charge in [0, 0.05) is 45.3 Å². The van der Waals surface area contributed by atoms with Gasteiger partial charge in [0.1, 0.15) is 0 Å². The second-order valence-corrected chi connectivity index (χ2v) is 8.53. The molecule has 0 radical (unpaired) electrons. The van der Waals surface area contributed by atoms with Crippen molar-refractivity contribution >= 4 is 36.8 Å². The maximum Gasteiger partial charge on any atom is 0.320 e. The predicted molar refractivity (Wildman–Crippen MR) is 119 cm³/mol. The number of carbonyl (C=O) groups excluding carboxylic acids is 1. The van der Waals surface area contributed by atoms with Gasteiger partial charge in [0.15, 0.2) is 0 Å². The van der Waals surface area contributed by atoms with E-state index in [1.807, 2.05) is 9.80 Å². The third-order valence-corrected chi connectivity index (χ3v) is 6.72. The van der Waals surface area contributed by atoms with E-state index in [1.165, 1.54) is 12.8 Å². The summed E-state index contributed by atoms with van der Waals surface area (Å²) < 4.78 is 0. The Balaban J connectivity index is 0.00000210. The highest BCUT2D eigenvalue weighted by Crippen LogP contribution is 2.25. The van der Waals surface area contributed by atoms with Crippen LogP contribution in [0.2, 0.25) is 0 Å². The molecule has 0 aliphatic carbocycles. The molecule has 3 rings (SSSR count). The molecule has 7 nitrogen and oxygen atoms in total. The van der Waals surface area contributed by atoms with Crippen LogP contribution in [0.3, 0.4) is 0 Å². The van der Waals surface area contributed by atoms with E-state index in [-0.39, 0.29) is 36.8 Å². The van der Waals surface area contributed by atoms with E-state index in [9.17, 15) is 9.59 Å². The van der Waals surface area contributed by atoms with Gasteiger partial charge >= 0.3 is 12.0 Å². The summed E-state index contributed by atoms with van der Waals surface area (Å²) in [6.07, 6.45) is 6.17. The maximum absolute atomic E-state index is 12.8. The summed E-state index contributed by atoms with van der Waals surface area (Å²) in [7, 11) is 0. The number of likely N-dealkylation sites (tertiary alicyclic amines) is 1. The van der Waals surface area contributed by atoms with Gasteiger partial charge in [-0.05, 0) is 57.5 Å². The highest BCUT2D eigenvalue weighted by molar-refractivity contribution is 5.85. The Hall–Kier alpha value is -0.760. The SMILES string of the molecule is CC(CCC1CCN(C(=O)N2CCN(C3CCNCC3)CC2)CC1)C(=O)O.Cl.Cl. The van der Waals surface area contributed by atoms with Gasteiger partial charge in [-0.15, -0.1) is 24.8 Å². The molecule has 0 aromatic carbocycles. The summed E-state index contributed by atoms with van der Waals surface area (Å²) in [6.45, 7) is 9.34. The molecule has 0 bridgehead atoms. The van der Waals surface area contributed by atoms with E-state index in [0.29, 0.717) is 12.0 Å². The molecule has 0 aromatic rings. The quantitative estimate of drug-likeness (QED) is 0.669. The number of piperazine rings is 1. The molecule has 9 heteroatoms. The standard InChI is InChI=1S/C20H36N4O3.2ClH/c1-16(19(25)26)2-3-17-6-10-23(11-7-17)20(27)24-14-12-22(13-15-24)18-4-8-21-9-5-18;;/h16-18,21H,2-15H2,1H3,(H,25,26);2*1H. The number of urea groups is 1. The Bertz CT molecular complexity index is 504. The Morgan fingerprint density at radius 3 is 2.03 bits per heavy atom. The topological polar surface area (TPSA) is 76.1 Å². The van der Waals surface area contributed by atoms with Crippen LogP contribution in [-0.2, 0) is 4.79 Å². The van der Waals surface area contributed by atoms with Crippen LogP contribution in [0.4, 0.5) is 4.79 Å². The highest BCUT2D eigenvalue weighted by Gasteiger charge is 2.31. The van der Waals surface area contributed by atoms with Crippen molar-refractivity contribution in [1.29, 1.82) is 0 Å². The minimum Gasteiger partial charge on any atom is -0.481 e. The number of carbonyl (C=O) groups is 2. The van der Waals surface area contributed by atoms with Crippen molar-refractivity contribution in [2.45, 2.75) is 51.5 Å². The largest absolute Gasteiger partial charge is 0.481 e. The lowest BCUT2D eigenvalue weighted by molar-refractivity contribution is -0.141. The summed E-state index contributed by atoms with van der Waals surface area (Å²) >= 11 is 0. The smallest absolute Gasteiger partial charge is 0.320 e. The number of aliphatic carboxylic acids is 1. The number of carboxylic acids is 1. The van der Waals surface area contributed by atoms with Crippen LogP contribution in [0.25, 0.3) is 0 Å². The zero-order valence-electron chi connectivity index (χ0n) is 17.6. The van der Waals surface area contributed by atoms with Crippen molar-refractivity contribution in [3.63, 3.8) is 0 Å².